The summed E-state index contributed by atoms with van der Waals surface area (Å²) in [5.41, 5.74) is 8.11. The SMILES string of the molecule is COc1ccc(C(CN=C(N)Nc2ccc(OC)c(Cl)c2)N2CCCC2)cc1.I. The van der Waals surface area contributed by atoms with Crippen LogP contribution in [0.4, 0.5) is 5.69 Å². The molecule has 1 unspecified atom stereocenters. The molecule has 3 rings (SSSR count). The van der Waals surface area contributed by atoms with Crippen molar-refractivity contribution in [2.24, 2.45) is 10.7 Å². The Hall–Kier alpha value is -1.71. The second-order valence-corrected chi connectivity index (χ2v) is 7.14. The number of aliphatic imine (C=N–C) groups is 1. The van der Waals surface area contributed by atoms with Crippen molar-refractivity contribution in [1.82, 2.24) is 4.90 Å². The number of nitrogens with zero attached hydrogens (tertiary/aromatic N) is 2. The molecule has 8 heteroatoms. The van der Waals surface area contributed by atoms with Crippen LogP contribution >= 0.6 is 35.6 Å². The molecule has 0 spiro atoms. The van der Waals surface area contributed by atoms with E-state index in [0.717, 1.165) is 24.5 Å². The molecule has 0 radical (unpaired) electrons. The third-order valence-corrected chi connectivity index (χ3v) is 5.24. The molecule has 2 aromatic carbocycles. The van der Waals surface area contributed by atoms with E-state index in [0.29, 0.717) is 23.3 Å². The van der Waals surface area contributed by atoms with E-state index in [-0.39, 0.29) is 30.0 Å². The van der Waals surface area contributed by atoms with Crippen LogP contribution in [0.1, 0.15) is 24.4 Å². The lowest BCUT2D eigenvalue weighted by Gasteiger charge is -2.27. The third kappa shape index (κ3) is 6.38. The fraction of sp³-hybridized carbons (Fsp3) is 0.381. The maximum atomic E-state index is 6.17. The summed E-state index contributed by atoms with van der Waals surface area (Å²) in [4.78, 5) is 7.05. The quantitative estimate of drug-likeness (QED) is 0.312. The number of guanidine groups is 1. The molecule has 0 bridgehead atoms. The van der Waals surface area contributed by atoms with Gasteiger partial charge < -0.3 is 20.5 Å². The molecule has 1 aliphatic heterocycles. The fourth-order valence-electron chi connectivity index (χ4n) is 3.43. The number of nitrogens with one attached hydrogen (secondary N) is 1. The van der Waals surface area contributed by atoms with E-state index in [1.807, 2.05) is 18.2 Å². The molecule has 1 atom stereocenters. The van der Waals surface area contributed by atoms with Crippen LogP contribution in [-0.2, 0) is 0 Å². The standard InChI is InChI=1S/C21H27ClN4O2.HI/c1-27-17-8-5-15(6-9-17)19(26-11-3-4-12-26)14-24-21(23)25-16-7-10-20(28-2)18(22)13-16;/h5-10,13,19H,3-4,11-12,14H2,1-2H3,(H3,23,24,25);1H. The number of rotatable bonds is 7. The van der Waals surface area contributed by atoms with Gasteiger partial charge in [0.15, 0.2) is 5.96 Å². The highest BCUT2D eigenvalue weighted by Gasteiger charge is 2.23. The van der Waals surface area contributed by atoms with Crippen molar-refractivity contribution in [3.05, 3.63) is 53.1 Å². The molecule has 0 aromatic heterocycles. The largest absolute Gasteiger partial charge is 0.497 e. The lowest BCUT2D eigenvalue weighted by Crippen LogP contribution is -2.30. The first-order valence-corrected chi connectivity index (χ1v) is 9.77. The van der Waals surface area contributed by atoms with Crippen molar-refractivity contribution >= 4 is 47.2 Å². The minimum Gasteiger partial charge on any atom is -0.497 e. The van der Waals surface area contributed by atoms with Gasteiger partial charge in [0.25, 0.3) is 0 Å². The average Bonchev–Trinajstić information content (AvgIpc) is 3.23. The number of hydrogen-bond donors (Lipinski definition) is 2. The van der Waals surface area contributed by atoms with Crippen LogP contribution < -0.4 is 20.5 Å². The normalized spacial score (nSPS) is 15.5. The second kappa shape index (κ2) is 11.5. The first-order chi connectivity index (χ1) is 13.6. The molecule has 0 amide bonds. The van der Waals surface area contributed by atoms with Gasteiger partial charge in [0.1, 0.15) is 11.5 Å². The number of anilines is 1. The van der Waals surface area contributed by atoms with E-state index >= 15 is 0 Å². The van der Waals surface area contributed by atoms with Crippen LogP contribution in [0.3, 0.4) is 0 Å². The topological polar surface area (TPSA) is 72.1 Å². The Balaban J connectivity index is 0.00000300. The zero-order valence-electron chi connectivity index (χ0n) is 16.7. The van der Waals surface area contributed by atoms with E-state index < -0.39 is 0 Å². The van der Waals surface area contributed by atoms with Gasteiger partial charge in [0.2, 0.25) is 0 Å². The van der Waals surface area contributed by atoms with E-state index in [4.69, 9.17) is 26.8 Å². The Bertz CT molecular complexity index is 811. The van der Waals surface area contributed by atoms with Crippen molar-refractivity contribution < 1.29 is 9.47 Å². The summed E-state index contributed by atoms with van der Waals surface area (Å²) in [7, 11) is 3.26. The van der Waals surface area contributed by atoms with Crippen LogP contribution in [0.25, 0.3) is 0 Å². The van der Waals surface area contributed by atoms with Crippen LogP contribution in [0.5, 0.6) is 11.5 Å². The average molecular weight is 531 g/mol. The lowest BCUT2D eigenvalue weighted by molar-refractivity contribution is 0.251. The first-order valence-electron chi connectivity index (χ1n) is 9.39. The van der Waals surface area contributed by atoms with Gasteiger partial charge in [0, 0.05) is 5.69 Å². The summed E-state index contributed by atoms with van der Waals surface area (Å²) < 4.78 is 10.4. The van der Waals surface area contributed by atoms with Gasteiger partial charge in [-0.3, -0.25) is 9.89 Å². The summed E-state index contributed by atoms with van der Waals surface area (Å²) in [6, 6.07) is 13.8. The summed E-state index contributed by atoms with van der Waals surface area (Å²) >= 11 is 6.17. The molecule has 6 nitrogen and oxygen atoms in total. The second-order valence-electron chi connectivity index (χ2n) is 6.73. The van der Waals surface area contributed by atoms with E-state index in [1.165, 1.54) is 18.4 Å². The highest BCUT2D eigenvalue weighted by Crippen LogP contribution is 2.28. The zero-order chi connectivity index (χ0) is 19.9. The Morgan fingerprint density at radius 1 is 1.14 bits per heavy atom. The summed E-state index contributed by atoms with van der Waals surface area (Å²) in [5, 5.41) is 3.62. The summed E-state index contributed by atoms with van der Waals surface area (Å²) in [6.45, 7) is 2.73. The molecule has 29 heavy (non-hydrogen) atoms. The van der Waals surface area contributed by atoms with Gasteiger partial charge in [-0.25, -0.2) is 0 Å². The highest BCUT2D eigenvalue weighted by atomic mass is 127. The van der Waals surface area contributed by atoms with E-state index in [1.54, 1.807) is 26.4 Å². The minimum absolute atomic E-state index is 0. The van der Waals surface area contributed by atoms with Crippen molar-refractivity contribution in [2.45, 2.75) is 18.9 Å². The number of likely N-dealkylation sites (tertiary alicyclic amines) is 1. The summed E-state index contributed by atoms with van der Waals surface area (Å²) in [5.74, 6) is 1.83. The summed E-state index contributed by atoms with van der Waals surface area (Å²) in [6.07, 6.45) is 2.43. The molecular weight excluding hydrogens is 503 g/mol. The molecule has 1 saturated heterocycles. The van der Waals surface area contributed by atoms with Gasteiger partial charge in [-0.15, -0.1) is 24.0 Å². The molecule has 1 aliphatic rings. The van der Waals surface area contributed by atoms with Crippen LogP contribution in [0.2, 0.25) is 5.02 Å². The lowest BCUT2D eigenvalue weighted by atomic mass is 10.1. The number of ether oxygens (including phenoxy) is 2. The van der Waals surface area contributed by atoms with Crippen molar-refractivity contribution in [2.75, 3.05) is 39.2 Å². The number of halogens is 2. The maximum Gasteiger partial charge on any atom is 0.193 e. The van der Waals surface area contributed by atoms with Crippen LogP contribution in [0.15, 0.2) is 47.5 Å². The minimum atomic E-state index is 0. The zero-order valence-corrected chi connectivity index (χ0v) is 19.8. The van der Waals surface area contributed by atoms with Crippen LogP contribution in [0, 0.1) is 0 Å². The van der Waals surface area contributed by atoms with Gasteiger partial charge in [-0.05, 0) is 61.8 Å². The van der Waals surface area contributed by atoms with Crippen molar-refractivity contribution in [3.63, 3.8) is 0 Å². The van der Waals surface area contributed by atoms with Gasteiger partial charge in [-0.2, -0.15) is 0 Å². The molecule has 0 aliphatic carbocycles. The van der Waals surface area contributed by atoms with Crippen molar-refractivity contribution in [3.8, 4) is 11.5 Å². The van der Waals surface area contributed by atoms with Gasteiger partial charge in [0.05, 0.1) is 31.8 Å². The van der Waals surface area contributed by atoms with E-state index in [9.17, 15) is 0 Å². The van der Waals surface area contributed by atoms with Gasteiger partial charge >= 0.3 is 0 Å². The molecular formula is C21H28ClIN4O2. The van der Waals surface area contributed by atoms with Gasteiger partial charge in [-0.1, -0.05) is 23.7 Å². The number of hydrogen-bond acceptors (Lipinski definition) is 4. The molecule has 1 heterocycles. The first kappa shape index (κ1) is 23.6. The molecule has 2 aromatic rings. The highest BCUT2D eigenvalue weighted by molar-refractivity contribution is 14.0. The maximum absolute atomic E-state index is 6.17. The number of methoxy groups -OCH3 is 2. The number of benzene rings is 2. The van der Waals surface area contributed by atoms with Crippen LogP contribution in [-0.4, -0.2) is 44.7 Å². The molecule has 0 saturated carbocycles. The Morgan fingerprint density at radius 3 is 2.41 bits per heavy atom. The van der Waals surface area contributed by atoms with Crippen molar-refractivity contribution in [1.29, 1.82) is 0 Å². The fourth-order valence-corrected chi connectivity index (χ4v) is 3.69. The molecule has 1 fully saturated rings. The third-order valence-electron chi connectivity index (χ3n) is 4.94. The Morgan fingerprint density at radius 2 is 1.83 bits per heavy atom. The monoisotopic (exact) mass is 530 g/mol. The predicted molar refractivity (Wildman–Crippen MR) is 130 cm³/mol. The smallest absolute Gasteiger partial charge is 0.193 e. The van der Waals surface area contributed by atoms with E-state index in [2.05, 4.69) is 27.3 Å². The Kier molecular flexibility index (Phi) is 9.32. The molecule has 3 N–H and O–H groups in total. The molecule has 158 valence electrons. The Labute approximate surface area is 194 Å². The predicted octanol–water partition coefficient (Wildman–Crippen LogP) is 4.54. The number of nitrogens with two attached hydrogens (primary N) is 1.